The summed E-state index contributed by atoms with van der Waals surface area (Å²) >= 11 is 0. The van der Waals surface area contributed by atoms with Crippen LogP contribution in [-0.2, 0) is 30.5 Å². The lowest BCUT2D eigenvalue weighted by atomic mass is 10.0. The number of hydrogen-bond acceptors (Lipinski definition) is 5. The quantitative estimate of drug-likeness (QED) is 0.288. The summed E-state index contributed by atoms with van der Waals surface area (Å²) in [4.78, 5) is 14.4. The van der Waals surface area contributed by atoms with Gasteiger partial charge in [0, 0.05) is 31.6 Å². The number of benzene rings is 2. The van der Waals surface area contributed by atoms with Crippen LogP contribution in [0.3, 0.4) is 0 Å². The van der Waals surface area contributed by atoms with E-state index in [9.17, 15) is 31.1 Å². The van der Waals surface area contributed by atoms with Gasteiger partial charge in [0.1, 0.15) is 5.82 Å². The molecule has 192 valence electrons. The van der Waals surface area contributed by atoms with Crippen LogP contribution < -0.4 is 11.1 Å². The largest absolute Gasteiger partial charge is 0.451 e. The van der Waals surface area contributed by atoms with Gasteiger partial charge in [-0.1, -0.05) is 30.3 Å². The molecule has 2 atom stereocenters. The third-order valence-corrected chi connectivity index (χ3v) is 5.91. The Morgan fingerprint density at radius 2 is 1.72 bits per heavy atom. The summed E-state index contributed by atoms with van der Waals surface area (Å²) in [5.74, 6) is -5.16. The Labute approximate surface area is 201 Å². The molecular weight excluding hydrogens is 490 g/mol. The zero-order chi connectivity index (χ0) is 26.0. The summed E-state index contributed by atoms with van der Waals surface area (Å²) in [6, 6.07) is 9.12. The SMILES string of the molecule is N[C@H](N[C@@H](CC(=O)N1CCn2c(nnc2C(F)(F)F)C1)Cc1cc(F)c(F)cc1F)c1ccccc1. The van der Waals surface area contributed by atoms with Crippen LogP contribution in [0.1, 0.15) is 35.4 Å². The lowest BCUT2D eigenvalue weighted by molar-refractivity contribution is -0.148. The molecular formula is C23H22F6N6O. The summed E-state index contributed by atoms with van der Waals surface area (Å²) in [5, 5.41) is 9.77. The van der Waals surface area contributed by atoms with Crippen LogP contribution in [0.15, 0.2) is 42.5 Å². The van der Waals surface area contributed by atoms with Crippen molar-refractivity contribution in [2.45, 2.75) is 44.3 Å². The molecule has 1 amide bonds. The molecule has 0 aliphatic carbocycles. The minimum atomic E-state index is -4.67. The van der Waals surface area contributed by atoms with Crippen LogP contribution in [0.5, 0.6) is 0 Å². The van der Waals surface area contributed by atoms with Crippen molar-refractivity contribution in [3.05, 3.63) is 82.7 Å². The monoisotopic (exact) mass is 512 g/mol. The number of nitrogens with two attached hydrogens (primary N) is 1. The molecule has 2 aromatic carbocycles. The van der Waals surface area contributed by atoms with Crippen molar-refractivity contribution in [2.75, 3.05) is 6.54 Å². The van der Waals surface area contributed by atoms with E-state index in [1.54, 1.807) is 30.3 Å². The van der Waals surface area contributed by atoms with Crippen LogP contribution >= 0.6 is 0 Å². The Kier molecular flexibility index (Phi) is 7.31. The van der Waals surface area contributed by atoms with Crippen molar-refractivity contribution in [1.82, 2.24) is 25.0 Å². The molecule has 7 nitrogen and oxygen atoms in total. The Hall–Kier alpha value is -3.45. The van der Waals surface area contributed by atoms with Gasteiger partial charge in [0.05, 0.1) is 12.7 Å². The van der Waals surface area contributed by atoms with Crippen LogP contribution in [-0.4, -0.2) is 38.2 Å². The van der Waals surface area contributed by atoms with Gasteiger partial charge in [0.2, 0.25) is 11.7 Å². The molecule has 3 aromatic rings. The van der Waals surface area contributed by atoms with Crippen molar-refractivity contribution < 1.29 is 31.1 Å². The van der Waals surface area contributed by atoms with Crippen LogP contribution in [0.2, 0.25) is 0 Å². The molecule has 0 radical (unpaired) electrons. The number of carbonyl (C=O) groups excluding carboxylic acids is 1. The highest BCUT2D eigenvalue weighted by Gasteiger charge is 2.40. The second-order valence-electron chi connectivity index (χ2n) is 8.42. The number of halogens is 6. The standard InChI is InChI=1S/C23H22F6N6O/c24-16-11-18(26)17(25)9-14(16)8-15(31-21(30)13-4-2-1-3-5-13)10-20(36)34-6-7-35-19(12-34)32-33-22(35)23(27,28)29/h1-5,9,11,15,21,31H,6-8,10,12,30H2/t15-,21-/m1/s1. The number of amides is 1. The third kappa shape index (κ3) is 5.68. The fraction of sp³-hybridized carbons (Fsp3) is 0.348. The van der Waals surface area contributed by atoms with Gasteiger partial charge in [-0.05, 0) is 23.6 Å². The maximum atomic E-state index is 14.3. The number of nitrogens with one attached hydrogen (secondary N) is 1. The van der Waals surface area contributed by atoms with Gasteiger partial charge in [-0.25, -0.2) is 13.2 Å². The average molecular weight is 512 g/mol. The molecule has 1 aromatic heterocycles. The second-order valence-corrected chi connectivity index (χ2v) is 8.42. The van der Waals surface area contributed by atoms with Gasteiger partial charge in [-0.3, -0.25) is 10.1 Å². The molecule has 3 N–H and O–H groups in total. The number of alkyl halides is 3. The molecule has 4 rings (SSSR count). The summed E-state index contributed by atoms with van der Waals surface area (Å²) in [6.45, 7) is -0.370. The molecule has 0 unspecified atom stereocenters. The summed E-state index contributed by atoms with van der Waals surface area (Å²) < 4.78 is 81.7. The number of aromatic nitrogens is 3. The first kappa shape index (κ1) is 25.6. The lowest BCUT2D eigenvalue weighted by Gasteiger charge is -2.30. The molecule has 0 saturated carbocycles. The molecule has 2 heterocycles. The maximum absolute atomic E-state index is 14.3. The van der Waals surface area contributed by atoms with E-state index in [2.05, 4.69) is 15.5 Å². The van der Waals surface area contributed by atoms with E-state index in [0.29, 0.717) is 11.6 Å². The zero-order valence-electron chi connectivity index (χ0n) is 18.8. The third-order valence-electron chi connectivity index (χ3n) is 5.91. The second kappa shape index (κ2) is 10.3. The van der Waals surface area contributed by atoms with Crippen molar-refractivity contribution >= 4 is 5.91 Å². The Bertz CT molecular complexity index is 1230. The minimum absolute atomic E-state index is 0.0147. The number of rotatable bonds is 7. The highest BCUT2D eigenvalue weighted by Crippen LogP contribution is 2.29. The van der Waals surface area contributed by atoms with Gasteiger partial charge in [-0.2, -0.15) is 13.2 Å². The molecule has 1 aliphatic heterocycles. The van der Waals surface area contributed by atoms with Crippen molar-refractivity contribution in [3.8, 4) is 0 Å². The van der Waals surface area contributed by atoms with Crippen LogP contribution in [0.4, 0.5) is 26.3 Å². The van der Waals surface area contributed by atoms with Crippen LogP contribution in [0.25, 0.3) is 0 Å². The van der Waals surface area contributed by atoms with E-state index in [-0.39, 0.29) is 43.9 Å². The molecule has 0 saturated heterocycles. The minimum Gasteiger partial charge on any atom is -0.333 e. The number of hydrogen-bond donors (Lipinski definition) is 2. The predicted octanol–water partition coefficient (Wildman–Crippen LogP) is 3.30. The zero-order valence-corrected chi connectivity index (χ0v) is 18.8. The highest BCUT2D eigenvalue weighted by atomic mass is 19.4. The topological polar surface area (TPSA) is 89.1 Å². The normalized spacial score (nSPS) is 15.5. The first-order valence-corrected chi connectivity index (χ1v) is 11.0. The Morgan fingerprint density at radius 3 is 2.42 bits per heavy atom. The summed E-state index contributed by atoms with van der Waals surface area (Å²) in [6.07, 6.45) is -5.87. The van der Waals surface area contributed by atoms with Gasteiger partial charge >= 0.3 is 6.18 Å². The van der Waals surface area contributed by atoms with Gasteiger partial charge in [0.15, 0.2) is 17.5 Å². The van der Waals surface area contributed by atoms with E-state index in [1.165, 1.54) is 4.90 Å². The summed E-state index contributed by atoms with van der Waals surface area (Å²) in [5.41, 5.74) is 6.72. The van der Waals surface area contributed by atoms with Crippen LogP contribution in [0, 0.1) is 17.5 Å². The van der Waals surface area contributed by atoms with Crippen molar-refractivity contribution in [3.63, 3.8) is 0 Å². The van der Waals surface area contributed by atoms with Crippen molar-refractivity contribution in [1.29, 1.82) is 0 Å². The molecule has 0 fully saturated rings. The number of carbonyl (C=O) groups is 1. The summed E-state index contributed by atoms with van der Waals surface area (Å²) in [7, 11) is 0. The molecule has 0 spiro atoms. The molecule has 1 aliphatic rings. The fourth-order valence-corrected chi connectivity index (χ4v) is 4.11. The van der Waals surface area contributed by atoms with Gasteiger partial charge < -0.3 is 15.2 Å². The van der Waals surface area contributed by atoms with E-state index in [1.807, 2.05) is 0 Å². The molecule has 36 heavy (non-hydrogen) atoms. The first-order chi connectivity index (χ1) is 17.0. The lowest BCUT2D eigenvalue weighted by Crippen LogP contribution is -2.45. The smallest absolute Gasteiger partial charge is 0.333 e. The van der Waals surface area contributed by atoms with E-state index in [4.69, 9.17) is 5.73 Å². The van der Waals surface area contributed by atoms with Crippen molar-refractivity contribution in [2.24, 2.45) is 5.73 Å². The van der Waals surface area contributed by atoms with E-state index >= 15 is 0 Å². The number of fused-ring (bicyclic) bond motifs is 1. The molecule has 0 bridgehead atoms. The predicted molar refractivity (Wildman–Crippen MR) is 115 cm³/mol. The van der Waals surface area contributed by atoms with E-state index in [0.717, 1.165) is 10.6 Å². The average Bonchev–Trinajstić information content (AvgIpc) is 3.27. The van der Waals surface area contributed by atoms with Gasteiger partial charge in [-0.15, -0.1) is 10.2 Å². The highest BCUT2D eigenvalue weighted by molar-refractivity contribution is 5.77. The Morgan fingerprint density at radius 1 is 1.03 bits per heavy atom. The Balaban J connectivity index is 1.52. The molecule has 13 heteroatoms. The first-order valence-electron chi connectivity index (χ1n) is 11.0. The van der Waals surface area contributed by atoms with Gasteiger partial charge in [0.25, 0.3) is 0 Å². The number of nitrogens with zero attached hydrogens (tertiary/aromatic N) is 4. The van der Waals surface area contributed by atoms with E-state index < -0.39 is 47.6 Å². The maximum Gasteiger partial charge on any atom is 0.451 e. The fourth-order valence-electron chi connectivity index (χ4n) is 4.11.